The Morgan fingerprint density at radius 3 is 2.45 bits per heavy atom. The molecule has 1 amide bonds. The molecular formula is C25H29ClN4O2S. The Bertz CT molecular complexity index is 1170. The van der Waals surface area contributed by atoms with E-state index in [0.29, 0.717) is 28.0 Å². The third-order valence-electron chi connectivity index (χ3n) is 6.79. The lowest BCUT2D eigenvalue weighted by Crippen LogP contribution is -2.43. The molecular weight excluding hydrogens is 456 g/mol. The number of nitrogens with one attached hydrogen (secondary N) is 1. The molecule has 0 atom stereocenters. The third kappa shape index (κ3) is 5.15. The number of H-pyrrole nitrogens is 1. The van der Waals surface area contributed by atoms with E-state index in [1.54, 1.807) is 0 Å². The quantitative estimate of drug-likeness (QED) is 0.570. The van der Waals surface area contributed by atoms with Crippen molar-refractivity contribution in [3.05, 3.63) is 51.5 Å². The number of piperidine rings is 1. The number of halogens is 1. The minimum absolute atomic E-state index is 0.0913. The van der Waals surface area contributed by atoms with Gasteiger partial charge in [0.1, 0.15) is 10.5 Å². The number of likely N-dealkylation sites (tertiary alicyclic amines) is 2. The van der Waals surface area contributed by atoms with E-state index < -0.39 is 0 Å². The Morgan fingerprint density at radius 1 is 1.06 bits per heavy atom. The van der Waals surface area contributed by atoms with Crippen molar-refractivity contribution < 1.29 is 4.79 Å². The van der Waals surface area contributed by atoms with Gasteiger partial charge in [0, 0.05) is 28.9 Å². The highest BCUT2D eigenvalue weighted by Gasteiger charge is 2.29. The van der Waals surface area contributed by atoms with Crippen LogP contribution >= 0.6 is 22.9 Å². The first-order valence-corrected chi connectivity index (χ1v) is 13.1. The lowest BCUT2D eigenvalue weighted by atomic mass is 9.95. The summed E-state index contributed by atoms with van der Waals surface area (Å²) in [5, 5.41) is 0.690. The van der Waals surface area contributed by atoms with Crippen LogP contribution in [0.1, 0.15) is 44.3 Å². The number of aromatic amines is 1. The van der Waals surface area contributed by atoms with E-state index >= 15 is 0 Å². The maximum Gasteiger partial charge on any atom is 0.268 e. The third-order valence-corrected chi connectivity index (χ3v) is 8.21. The SMILES string of the molecule is O=C(C1CCN(Cc2nc3cc(-c4ccc(Cl)cc4)sc3c(=O)[nH]2)CC1)N1CCCCCC1. The van der Waals surface area contributed by atoms with Gasteiger partial charge in [0.05, 0.1) is 12.1 Å². The molecule has 6 nitrogen and oxygen atoms in total. The van der Waals surface area contributed by atoms with Crippen molar-refractivity contribution in [2.24, 2.45) is 5.92 Å². The standard InChI is InChI=1S/C25H29ClN4O2S/c26-19-7-5-17(6-8-19)21-15-20-23(33-21)24(31)28-22(27-20)16-29-13-9-18(10-14-29)25(32)30-11-3-1-2-4-12-30/h5-8,15,18H,1-4,9-14,16H2,(H,27,28,31). The van der Waals surface area contributed by atoms with Crippen LogP contribution in [-0.4, -0.2) is 51.9 Å². The molecule has 174 valence electrons. The highest BCUT2D eigenvalue weighted by Crippen LogP contribution is 2.31. The van der Waals surface area contributed by atoms with E-state index in [1.165, 1.54) is 24.2 Å². The number of hydrogen-bond acceptors (Lipinski definition) is 5. The van der Waals surface area contributed by atoms with Crippen LogP contribution in [0.4, 0.5) is 0 Å². The smallest absolute Gasteiger partial charge is 0.268 e. The van der Waals surface area contributed by atoms with Crippen LogP contribution in [0.25, 0.3) is 20.7 Å². The number of amides is 1. The fourth-order valence-corrected chi connectivity index (χ4v) is 6.04. The Labute approximate surface area is 202 Å². The number of carbonyl (C=O) groups is 1. The molecule has 5 rings (SSSR count). The molecule has 0 saturated carbocycles. The van der Waals surface area contributed by atoms with Crippen LogP contribution in [0.5, 0.6) is 0 Å². The first-order valence-electron chi connectivity index (χ1n) is 11.9. The summed E-state index contributed by atoms with van der Waals surface area (Å²) in [4.78, 5) is 38.8. The molecule has 3 aromatic rings. The summed E-state index contributed by atoms with van der Waals surface area (Å²) in [7, 11) is 0. The van der Waals surface area contributed by atoms with Gasteiger partial charge in [-0.05, 0) is 62.5 Å². The fourth-order valence-electron chi connectivity index (χ4n) is 4.92. The number of thiophene rings is 1. The van der Waals surface area contributed by atoms with Gasteiger partial charge in [0.2, 0.25) is 5.91 Å². The number of fused-ring (bicyclic) bond motifs is 1. The number of carbonyl (C=O) groups excluding carboxylic acids is 1. The van der Waals surface area contributed by atoms with Crippen molar-refractivity contribution in [1.82, 2.24) is 19.8 Å². The van der Waals surface area contributed by atoms with Crippen molar-refractivity contribution in [3.8, 4) is 10.4 Å². The first kappa shape index (κ1) is 22.6. The van der Waals surface area contributed by atoms with Crippen molar-refractivity contribution in [2.45, 2.75) is 45.1 Å². The van der Waals surface area contributed by atoms with Crippen LogP contribution in [0.2, 0.25) is 5.02 Å². The van der Waals surface area contributed by atoms with Crippen LogP contribution in [0.3, 0.4) is 0 Å². The zero-order chi connectivity index (χ0) is 22.8. The minimum Gasteiger partial charge on any atom is -0.342 e. The highest BCUT2D eigenvalue weighted by molar-refractivity contribution is 7.22. The fraction of sp³-hybridized carbons (Fsp3) is 0.480. The first-order chi connectivity index (χ1) is 16.1. The molecule has 0 aliphatic carbocycles. The summed E-state index contributed by atoms with van der Waals surface area (Å²) in [5.41, 5.74) is 1.67. The van der Waals surface area contributed by atoms with Crippen molar-refractivity contribution >= 4 is 39.1 Å². The zero-order valence-electron chi connectivity index (χ0n) is 18.7. The van der Waals surface area contributed by atoms with E-state index in [9.17, 15) is 9.59 Å². The van der Waals surface area contributed by atoms with E-state index in [-0.39, 0.29) is 11.5 Å². The second kappa shape index (κ2) is 9.95. The summed E-state index contributed by atoms with van der Waals surface area (Å²) in [6.07, 6.45) is 6.50. The van der Waals surface area contributed by atoms with Crippen LogP contribution in [-0.2, 0) is 11.3 Å². The van der Waals surface area contributed by atoms with Gasteiger partial charge in [-0.25, -0.2) is 4.98 Å². The summed E-state index contributed by atoms with van der Waals surface area (Å²) >= 11 is 7.45. The van der Waals surface area contributed by atoms with E-state index in [2.05, 4.69) is 14.8 Å². The van der Waals surface area contributed by atoms with Gasteiger partial charge in [0.25, 0.3) is 5.56 Å². The second-order valence-electron chi connectivity index (χ2n) is 9.13. The lowest BCUT2D eigenvalue weighted by Gasteiger charge is -2.33. The maximum atomic E-state index is 12.9. The number of hydrogen-bond donors (Lipinski definition) is 1. The molecule has 2 aliphatic heterocycles. The molecule has 1 aromatic carbocycles. The molecule has 0 unspecified atom stereocenters. The Morgan fingerprint density at radius 2 is 1.76 bits per heavy atom. The number of aromatic nitrogens is 2. The average Bonchev–Trinajstić information content (AvgIpc) is 3.06. The van der Waals surface area contributed by atoms with E-state index in [0.717, 1.165) is 67.8 Å². The number of rotatable bonds is 4. The van der Waals surface area contributed by atoms with Gasteiger partial charge < -0.3 is 9.88 Å². The minimum atomic E-state index is -0.0913. The van der Waals surface area contributed by atoms with E-state index in [4.69, 9.17) is 16.6 Å². The number of nitrogens with zero attached hydrogens (tertiary/aromatic N) is 3. The van der Waals surface area contributed by atoms with Gasteiger partial charge in [0.15, 0.2) is 0 Å². The molecule has 1 N–H and O–H groups in total. The monoisotopic (exact) mass is 484 g/mol. The summed E-state index contributed by atoms with van der Waals surface area (Å²) in [6.45, 7) is 4.14. The summed E-state index contributed by atoms with van der Waals surface area (Å²) in [6, 6.07) is 9.60. The molecule has 0 bridgehead atoms. The van der Waals surface area contributed by atoms with Gasteiger partial charge in [-0.3, -0.25) is 14.5 Å². The molecule has 2 aliphatic rings. The summed E-state index contributed by atoms with van der Waals surface area (Å²) in [5.74, 6) is 1.16. The van der Waals surface area contributed by atoms with Crippen molar-refractivity contribution in [1.29, 1.82) is 0 Å². The van der Waals surface area contributed by atoms with Gasteiger partial charge in [-0.2, -0.15) is 0 Å². The molecule has 4 heterocycles. The molecule has 0 radical (unpaired) electrons. The lowest BCUT2D eigenvalue weighted by molar-refractivity contribution is -0.137. The average molecular weight is 485 g/mol. The molecule has 33 heavy (non-hydrogen) atoms. The predicted molar refractivity (Wildman–Crippen MR) is 134 cm³/mol. The van der Waals surface area contributed by atoms with Crippen LogP contribution in [0.15, 0.2) is 35.1 Å². The van der Waals surface area contributed by atoms with Crippen molar-refractivity contribution in [2.75, 3.05) is 26.2 Å². The largest absolute Gasteiger partial charge is 0.342 e. The van der Waals surface area contributed by atoms with Gasteiger partial charge in [-0.1, -0.05) is 36.6 Å². The topological polar surface area (TPSA) is 69.3 Å². The maximum absolute atomic E-state index is 12.9. The Kier molecular flexibility index (Phi) is 6.81. The normalized spacial score (nSPS) is 18.5. The van der Waals surface area contributed by atoms with Crippen LogP contribution in [0, 0.1) is 5.92 Å². The highest BCUT2D eigenvalue weighted by atomic mass is 35.5. The molecule has 0 spiro atoms. The zero-order valence-corrected chi connectivity index (χ0v) is 20.3. The molecule has 8 heteroatoms. The summed E-state index contributed by atoms with van der Waals surface area (Å²) < 4.78 is 0.644. The van der Waals surface area contributed by atoms with Crippen LogP contribution < -0.4 is 5.56 Å². The molecule has 2 saturated heterocycles. The van der Waals surface area contributed by atoms with Gasteiger partial charge >= 0.3 is 0 Å². The molecule has 2 fully saturated rings. The second-order valence-corrected chi connectivity index (χ2v) is 10.6. The number of benzene rings is 1. The van der Waals surface area contributed by atoms with Crippen molar-refractivity contribution in [3.63, 3.8) is 0 Å². The Balaban J connectivity index is 1.24. The molecule has 2 aromatic heterocycles. The van der Waals surface area contributed by atoms with Gasteiger partial charge in [-0.15, -0.1) is 11.3 Å². The van der Waals surface area contributed by atoms with E-state index in [1.807, 2.05) is 30.3 Å². The predicted octanol–water partition coefficient (Wildman–Crippen LogP) is 4.92. The Hall–Kier alpha value is -2.22.